The highest BCUT2D eigenvalue weighted by Gasteiger charge is 2.51. The minimum atomic E-state index is -0.626. The third-order valence-electron chi connectivity index (χ3n) is 12.8. The molecule has 13 rings (SSSR count). The van der Waals surface area contributed by atoms with Gasteiger partial charge >= 0.3 is 0 Å². The minimum absolute atomic E-state index is 0.122. The van der Waals surface area contributed by atoms with E-state index in [0.29, 0.717) is 16.4 Å². The van der Waals surface area contributed by atoms with Gasteiger partial charge in [0.2, 0.25) is 0 Å². The Kier molecular flexibility index (Phi) is 6.68. The lowest BCUT2D eigenvalue weighted by molar-refractivity contribution is 0.436. The van der Waals surface area contributed by atoms with Crippen LogP contribution in [0.1, 0.15) is 27.7 Å². The SMILES string of the molecule is [2H]c1c([2H])c([2H])c2c(oc3c(-c4ccc5ccccc5c4)cc(N(c4ccc(-c5ccccc5)cc4)c4ccc5c(c4)Oc4ccccc4C54c5ccccc5-c5ccccc54)cc32)c1[2H]. The Labute approximate surface area is 365 Å². The summed E-state index contributed by atoms with van der Waals surface area (Å²) in [4.78, 5) is 2.21. The molecule has 0 amide bonds. The summed E-state index contributed by atoms with van der Waals surface area (Å²) in [5.41, 5.74) is 13.3. The molecule has 1 spiro atoms. The molecule has 2 heterocycles. The lowest BCUT2D eigenvalue weighted by atomic mass is 9.66. The Bertz CT molecular complexity index is 3760. The van der Waals surface area contributed by atoms with Crippen molar-refractivity contribution in [1.29, 1.82) is 0 Å². The van der Waals surface area contributed by atoms with E-state index >= 15 is 0 Å². The molecule has 10 aromatic carbocycles. The number of rotatable bonds is 5. The minimum Gasteiger partial charge on any atom is -0.457 e. The van der Waals surface area contributed by atoms with E-state index in [-0.39, 0.29) is 29.8 Å². The third kappa shape index (κ3) is 5.06. The van der Waals surface area contributed by atoms with Crippen molar-refractivity contribution in [2.45, 2.75) is 5.41 Å². The van der Waals surface area contributed by atoms with Crippen molar-refractivity contribution < 1.29 is 14.6 Å². The molecule has 11 aromatic rings. The predicted molar refractivity (Wildman–Crippen MR) is 254 cm³/mol. The molecule has 0 atom stereocenters. The van der Waals surface area contributed by atoms with Crippen LogP contribution in [0.3, 0.4) is 0 Å². The first-order valence-corrected chi connectivity index (χ1v) is 20.9. The van der Waals surface area contributed by atoms with Gasteiger partial charge in [0.05, 0.1) is 10.9 Å². The van der Waals surface area contributed by atoms with E-state index in [1.54, 1.807) is 0 Å². The highest BCUT2D eigenvalue weighted by molar-refractivity contribution is 6.12. The molecule has 62 heavy (non-hydrogen) atoms. The average molecular weight is 796 g/mol. The quantitative estimate of drug-likeness (QED) is 0.173. The number of anilines is 3. The first-order valence-electron chi connectivity index (χ1n) is 22.9. The van der Waals surface area contributed by atoms with Crippen LogP contribution in [0.5, 0.6) is 11.5 Å². The first-order chi connectivity index (χ1) is 32.4. The third-order valence-corrected chi connectivity index (χ3v) is 12.8. The molecule has 1 aliphatic carbocycles. The van der Waals surface area contributed by atoms with Crippen LogP contribution >= 0.6 is 0 Å². The van der Waals surface area contributed by atoms with E-state index in [1.807, 2.05) is 42.5 Å². The molecule has 290 valence electrons. The van der Waals surface area contributed by atoms with Gasteiger partial charge in [-0.2, -0.15) is 0 Å². The zero-order chi connectivity index (χ0) is 44.3. The Morgan fingerprint density at radius 1 is 0.403 bits per heavy atom. The maximum absolute atomic E-state index is 9.18. The van der Waals surface area contributed by atoms with Crippen molar-refractivity contribution in [1.82, 2.24) is 0 Å². The molecule has 0 N–H and O–H groups in total. The normalized spacial score (nSPS) is 14.0. The number of fused-ring (bicyclic) bond motifs is 13. The predicted octanol–water partition coefficient (Wildman–Crippen LogP) is 16.0. The molecule has 3 heteroatoms. The number of benzene rings is 10. The van der Waals surface area contributed by atoms with E-state index in [9.17, 15) is 1.37 Å². The number of furan rings is 1. The summed E-state index contributed by atoms with van der Waals surface area (Å²) in [5.74, 6) is 1.54. The summed E-state index contributed by atoms with van der Waals surface area (Å²) in [6.45, 7) is 0. The lowest BCUT2D eigenvalue weighted by Crippen LogP contribution is -2.32. The highest BCUT2D eigenvalue weighted by Crippen LogP contribution is 2.62. The van der Waals surface area contributed by atoms with Crippen molar-refractivity contribution in [3.63, 3.8) is 0 Å². The fourth-order valence-corrected chi connectivity index (χ4v) is 10.1. The smallest absolute Gasteiger partial charge is 0.143 e. The number of hydrogen-bond donors (Lipinski definition) is 0. The summed E-state index contributed by atoms with van der Waals surface area (Å²) in [6.07, 6.45) is 0. The molecule has 0 bridgehead atoms. The van der Waals surface area contributed by atoms with Crippen LogP contribution in [0.2, 0.25) is 0 Å². The molecule has 0 fully saturated rings. The van der Waals surface area contributed by atoms with E-state index < -0.39 is 5.41 Å². The second-order valence-electron chi connectivity index (χ2n) is 16.1. The molecule has 0 radical (unpaired) electrons. The van der Waals surface area contributed by atoms with Crippen LogP contribution < -0.4 is 9.64 Å². The second kappa shape index (κ2) is 13.4. The fraction of sp³-hybridized carbons (Fsp3) is 0.0169. The van der Waals surface area contributed by atoms with Gasteiger partial charge in [-0.25, -0.2) is 0 Å². The fourth-order valence-electron chi connectivity index (χ4n) is 10.1. The van der Waals surface area contributed by atoms with Crippen molar-refractivity contribution in [3.8, 4) is 44.9 Å². The number of nitrogens with zero attached hydrogens (tertiary/aromatic N) is 1. The Morgan fingerprint density at radius 2 is 1.03 bits per heavy atom. The van der Waals surface area contributed by atoms with Gasteiger partial charge in [0, 0.05) is 50.6 Å². The van der Waals surface area contributed by atoms with E-state index in [2.05, 4.69) is 163 Å². The van der Waals surface area contributed by atoms with Crippen LogP contribution in [0.4, 0.5) is 17.1 Å². The Balaban J connectivity index is 1.09. The molecule has 2 aliphatic rings. The maximum Gasteiger partial charge on any atom is 0.143 e. The summed E-state index contributed by atoms with van der Waals surface area (Å²) in [6, 6.07) is 68.8. The largest absolute Gasteiger partial charge is 0.457 e. The molecule has 3 nitrogen and oxygen atoms in total. The van der Waals surface area contributed by atoms with E-state index in [1.165, 1.54) is 22.3 Å². The summed E-state index contributed by atoms with van der Waals surface area (Å²) in [7, 11) is 0. The number of para-hydroxylation sites is 2. The van der Waals surface area contributed by atoms with Crippen LogP contribution in [0.15, 0.2) is 229 Å². The number of ether oxygens (including phenoxy) is 1. The highest BCUT2D eigenvalue weighted by atomic mass is 16.5. The van der Waals surface area contributed by atoms with Crippen molar-refractivity contribution >= 4 is 49.8 Å². The van der Waals surface area contributed by atoms with Crippen molar-refractivity contribution in [2.75, 3.05) is 4.90 Å². The van der Waals surface area contributed by atoms with Gasteiger partial charge in [0.15, 0.2) is 0 Å². The van der Waals surface area contributed by atoms with Gasteiger partial charge in [-0.05, 0) is 98.2 Å². The van der Waals surface area contributed by atoms with Crippen molar-refractivity contribution in [3.05, 3.63) is 247 Å². The molecule has 0 saturated carbocycles. The van der Waals surface area contributed by atoms with Crippen molar-refractivity contribution in [2.24, 2.45) is 0 Å². The summed E-state index contributed by atoms with van der Waals surface area (Å²) in [5, 5.41) is 3.08. The maximum atomic E-state index is 9.18. The zero-order valence-corrected chi connectivity index (χ0v) is 33.3. The number of hydrogen-bond acceptors (Lipinski definition) is 3. The molecular formula is C59H37NO2. The Morgan fingerprint density at radius 3 is 1.84 bits per heavy atom. The van der Waals surface area contributed by atoms with Crippen LogP contribution in [0, 0.1) is 0 Å². The topological polar surface area (TPSA) is 25.6 Å². The summed E-state index contributed by atoms with van der Waals surface area (Å²) >= 11 is 0. The van der Waals surface area contributed by atoms with E-state index in [4.69, 9.17) is 13.3 Å². The zero-order valence-electron chi connectivity index (χ0n) is 37.3. The van der Waals surface area contributed by atoms with Crippen LogP contribution in [0.25, 0.3) is 66.1 Å². The van der Waals surface area contributed by atoms with Gasteiger partial charge in [-0.3, -0.25) is 0 Å². The van der Waals surface area contributed by atoms with Gasteiger partial charge in [0.25, 0.3) is 0 Å². The molecule has 1 aromatic heterocycles. The monoisotopic (exact) mass is 795 g/mol. The van der Waals surface area contributed by atoms with Crippen LogP contribution in [-0.4, -0.2) is 0 Å². The molecule has 1 aliphatic heterocycles. The van der Waals surface area contributed by atoms with Gasteiger partial charge < -0.3 is 14.1 Å². The van der Waals surface area contributed by atoms with E-state index in [0.717, 1.165) is 72.7 Å². The summed E-state index contributed by atoms with van der Waals surface area (Å²) < 4.78 is 49.0. The van der Waals surface area contributed by atoms with Gasteiger partial charge in [0.1, 0.15) is 22.7 Å². The van der Waals surface area contributed by atoms with Gasteiger partial charge in [-0.15, -0.1) is 0 Å². The molecular weight excluding hydrogens is 755 g/mol. The molecule has 0 saturated heterocycles. The van der Waals surface area contributed by atoms with Gasteiger partial charge in [-0.1, -0.05) is 170 Å². The molecule has 0 unspecified atom stereocenters. The Hall–Kier alpha value is -8.14. The first kappa shape index (κ1) is 30.8. The lowest BCUT2D eigenvalue weighted by Gasteiger charge is -2.40. The average Bonchev–Trinajstić information content (AvgIpc) is 3.90. The standard InChI is InChI=1S/C59H37NO2/c1-2-14-38(15-3-1)40-28-30-43(31-29-40)60(45-35-49(42-27-26-39-16-4-5-17-41(39)34-42)58-50(36-45)48-20-8-12-24-55(48)62-58)44-32-33-54-57(37-44)61-56-25-13-11-23-53(56)59(54)51-21-9-6-18-46(51)47-19-7-10-22-52(47)59/h1-37H/i8D,12D,20D,24D. The second-order valence-corrected chi connectivity index (χ2v) is 16.1. The van der Waals surface area contributed by atoms with Crippen LogP contribution in [-0.2, 0) is 5.41 Å².